The maximum atomic E-state index is 11.6. The quantitative estimate of drug-likeness (QED) is 0.120. The molecule has 0 aromatic carbocycles. The number of allylic oxidation sites excluding steroid dienone is 8. The molecule has 0 aromatic rings. The van der Waals surface area contributed by atoms with E-state index in [-0.39, 0.29) is 5.97 Å². The Morgan fingerprint density at radius 2 is 1.17 bits per heavy atom. The zero-order valence-corrected chi connectivity index (χ0v) is 19.0. The van der Waals surface area contributed by atoms with Crippen molar-refractivity contribution in [3.8, 4) is 0 Å². The summed E-state index contributed by atoms with van der Waals surface area (Å²) in [5, 5.41) is 0. The van der Waals surface area contributed by atoms with Gasteiger partial charge in [0.25, 0.3) is 0 Å². The number of esters is 1. The second-order valence-corrected chi connectivity index (χ2v) is 7.17. The fourth-order valence-corrected chi connectivity index (χ4v) is 2.56. The lowest BCUT2D eigenvalue weighted by molar-refractivity contribution is -0.145. The minimum absolute atomic E-state index is 0.125. The van der Waals surface area contributed by atoms with Gasteiger partial charge in [0.1, 0.15) is 6.61 Å². The first-order valence-corrected chi connectivity index (χ1v) is 11.6. The van der Waals surface area contributed by atoms with E-state index in [1.54, 1.807) is 0 Å². The maximum Gasteiger partial charge on any atom is 0.305 e. The molecule has 0 aliphatic carbocycles. The minimum atomic E-state index is -0.125. The zero-order valence-electron chi connectivity index (χ0n) is 19.0. The number of rotatable bonds is 20. The molecule has 0 rings (SSSR count). The van der Waals surface area contributed by atoms with Crippen LogP contribution in [0.25, 0.3) is 0 Å². The zero-order chi connectivity index (χ0) is 21.3. The molecule has 0 amide bonds. The summed E-state index contributed by atoms with van der Waals surface area (Å²) < 4.78 is 10.5. The third kappa shape index (κ3) is 24.4. The van der Waals surface area contributed by atoms with Gasteiger partial charge in [0.15, 0.2) is 0 Å². The highest BCUT2D eigenvalue weighted by Crippen LogP contribution is 2.02. The van der Waals surface area contributed by atoms with Gasteiger partial charge in [-0.05, 0) is 51.4 Å². The van der Waals surface area contributed by atoms with Crippen molar-refractivity contribution in [3.63, 3.8) is 0 Å². The Kier molecular flexibility index (Phi) is 23.1. The number of hydrogen-bond donors (Lipinski definition) is 0. The normalized spacial score (nSPS) is 12.2. The van der Waals surface area contributed by atoms with E-state index in [1.807, 2.05) is 0 Å². The minimum Gasteiger partial charge on any atom is -0.463 e. The van der Waals surface area contributed by atoms with Crippen LogP contribution in [-0.2, 0) is 14.3 Å². The molecule has 0 aliphatic rings. The molecular formula is C26H44O3. The highest BCUT2D eigenvalue weighted by Gasteiger charge is 2.01. The van der Waals surface area contributed by atoms with Gasteiger partial charge in [-0.15, -0.1) is 0 Å². The number of carbonyl (C=O) groups excluding carboxylic acids is 1. The molecule has 0 aromatic heterocycles. The largest absolute Gasteiger partial charge is 0.463 e. The summed E-state index contributed by atoms with van der Waals surface area (Å²) >= 11 is 0. The molecule has 0 saturated carbocycles. The van der Waals surface area contributed by atoms with Crippen molar-refractivity contribution in [2.75, 3.05) is 19.8 Å². The Bertz CT molecular complexity index is 461. The van der Waals surface area contributed by atoms with Crippen molar-refractivity contribution in [2.24, 2.45) is 0 Å². The van der Waals surface area contributed by atoms with E-state index in [0.717, 1.165) is 51.6 Å². The van der Waals surface area contributed by atoms with Gasteiger partial charge in [0, 0.05) is 13.0 Å². The van der Waals surface area contributed by atoms with Gasteiger partial charge in [0.2, 0.25) is 0 Å². The lowest BCUT2D eigenvalue weighted by atomic mass is 10.2. The first-order chi connectivity index (χ1) is 14.3. The smallest absolute Gasteiger partial charge is 0.305 e. The standard InChI is InChI=1S/C26H44O3/c1-3-5-7-8-9-10-11-12-13-14-15-16-17-18-19-20-21-22-26(27)29-25-24-28-23-6-4-2/h9-10,12-13,15-16,18-19H,3-8,11,14,17,20-25H2,1-2H3/b10-9-,13-12-,16-15-,19-18-. The topological polar surface area (TPSA) is 35.5 Å². The van der Waals surface area contributed by atoms with Gasteiger partial charge in [0.05, 0.1) is 6.61 Å². The van der Waals surface area contributed by atoms with Crippen LogP contribution in [0.4, 0.5) is 0 Å². The van der Waals surface area contributed by atoms with E-state index in [4.69, 9.17) is 9.47 Å². The van der Waals surface area contributed by atoms with Gasteiger partial charge < -0.3 is 9.47 Å². The first kappa shape index (κ1) is 27.4. The van der Waals surface area contributed by atoms with Crippen LogP contribution in [0.1, 0.15) is 90.9 Å². The van der Waals surface area contributed by atoms with E-state index in [9.17, 15) is 4.79 Å². The average molecular weight is 405 g/mol. The molecule has 0 atom stereocenters. The molecule has 0 fully saturated rings. The Labute approximate surface area is 179 Å². The summed E-state index contributed by atoms with van der Waals surface area (Å²) in [7, 11) is 0. The maximum absolute atomic E-state index is 11.6. The van der Waals surface area contributed by atoms with Crippen molar-refractivity contribution >= 4 is 5.97 Å². The molecule has 3 heteroatoms. The molecule has 29 heavy (non-hydrogen) atoms. The Morgan fingerprint density at radius 3 is 1.76 bits per heavy atom. The van der Waals surface area contributed by atoms with Gasteiger partial charge in [-0.1, -0.05) is 81.7 Å². The van der Waals surface area contributed by atoms with Crippen LogP contribution in [0.2, 0.25) is 0 Å². The predicted molar refractivity (Wildman–Crippen MR) is 125 cm³/mol. The molecule has 0 unspecified atom stereocenters. The molecule has 0 bridgehead atoms. The van der Waals surface area contributed by atoms with Gasteiger partial charge in [-0.2, -0.15) is 0 Å². The number of ether oxygens (including phenoxy) is 2. The predicted octanol–water partition coefficient (Wildman–Crippen LogP) is 7.49. The van der Waals surface area contributed by atoms with E-state index in [2.05, 4.69) is 62.5 Å². The van der Waals surface area contributed by atoms with E-state index < -0.39 is 0 Å². The lowest BCUT2D eigenvalue weighted by Crippen LogP contribution is -2.10. The molecule has 166 valence electrons. The molecule has 0 N–H and O–H groups in total. The Balaban J connectivity index is 3.43. The van der Waals surface area contributed by atoms with Crippen LogP contribution in [0.3, 0.4) is 0 Å². The van der Waals surface area contributed by atoms with Crippen molar-refractivity contribution in [1.29, 1.82) is 0 Å². The van der Waals surface area contributed by atoms with E-state index in [0.29, 0.717) is 19.6 Å². The molecular weight excluding hydrogens is 360 g/mol. The fourth-order valence-electron chi connectivity index (χ4n) is 2.56. The third-order valence-corrected chi connectivity index (χ3v) is 4.34. The number of hydrogen-bond acceptors (Lipinski definition) is 3. The van der Waals surface area contributed by atoms with Crippen LogP contribution in [0.5, 0.6) is 0 Å². The summed E-state index contributed by atoms with van der Waals surface area (Å²) in [6.45, 7) is 5.99. The average Bonchev–Trinajstić information content (AvgIpc) is 2.73. The third-order valence-electron chi connectivity index (χ3n) is 4.34. The second kappa shape index (κ2) is 24.4. The van der Waals surface area contributed by atoms with Crippen LogP contribution in [0, 0.1) is 0 Å². The number of carbonyl (C=O) groups is 1. The van der Waals surface area contributed by atoms with E-state index >= 15 is 0 Å². The van der Waals surface area contributed by atoms with Crippen LogP contribution in [0.15, 0.2) is 48.6 Å². The molecule has 0 saturated heterocycles. The first-order valence-electron chi connectivity index (χ1n) is 11.6. The molecule has 0 aliphatic heterocycles. The fraction of sp³-hybridized carbons (Fsp3) is 0.654. The van der Waals surface area contributed by atoms with Crippen LogP contribution >= 0.6 is 0 Å². The van der Waals surface area contributed by atoms with Crippen LogP contribution < -0.4 is 0 Å². The van der Waals surface area contributed by atoms with Gasteiger partial charge in [-0.25, -0.2) is 0 Å². The summed E-state index contributed by atoms with van der Waals surface area (Å²) in [6, 6.07) is 0. The van der Waals surface area contributed by atoms with Crippen molar-refractivity contribution in [1.82, 2.24) is 0 Å². The van der Waals surface area contributed by atoms with Crippen molar-refractivity contribution < 1.29 is 14.3 Å². The second-order valence-electron chi connectivity index (χ2n) is 7.17. The summed E-state index contributed by atoms with van der Waals surface area (Å²) in [6.07, 6.45) is 30.2. The summed E-state index contributed by atoms with van der Waals surface area (Å²) in [4.78, 5) is 11.6. The summed E-state index contributed by atoms with van der Waals surface area (Å²) in [5.74, 6) is -0.125. The monoisotopic (exact) mass is 404 g/mol. The number of unbranched alkanes of at least 4 members (excludes halogenated alkanes) is 5. The highest BCUT2D eigenvalue weighted by molar-refractivity contribution is 5.69. The molecule has 3 nitrogen and oxygen atoms in total. The molecule has 0 radical (unpaired) electrons. The van der Waals surface area contributed by atoms with Crippen molar-refractivity contribution in [2.45, 2.75) is 90.9 Å². The summed E-state index contributed by atoms with van der Waals surface area (Å²) in [5.41, 5.74) is 0. The van der Waals surface area contributed by atoms with Crippen LogP contribution in [-0.4, -0.2) is 25.8 Å². The van der Waals surface area contributed by atoms with Crippen molar-refractivity contribution in [3.05, 3.63) is 48.6 Å². The molecule has 0 heterocycles. The molecule has 0 spiro atoms. The van der Waals surface area contributed by atoms with Gasteiger partial charge in [-0.3, -0.25) is 4.79 Å². The lowest BCUT2D eigenvalue weighted by Gasteiger charge is -2.05. The Hall–Kier alpha value is -1.61. The Morgan fingerprint density at radius 1 is 0.621 bits per heavy atom. The van der Waals surface area contributed by atoms with E-state index in [1.165, 1.54) is 25.7 Å². The van der Waals surface area contributed by atoms with Gasteiger partial charge >= 0.3 is 5.97 Å². The SMILES string of the molecule is CCCCC/C=C\C/C=C\C/C=C\C/C=C\CCCC(=O)OCCOCCCC. The highest BCUT2D eigenvalue weighted by atomic mass is 16.6.